The summed E-state index contributed by atoms with van der Waals surface area (Å²) in [6.45, 7) is 4.24. The van der Waals surface area contributed by atoms with E-state index in [1.54, 1.807) is 0 Å². The van der Waals surface area contributed by atoms with Crippen LogP contribution in [0.2, 0.25) is 0 Å². The van der Waals surface area contributed by atoms with Crippen LogP contribution in [-0.4, -0.2) is 4.98 Å². The summed E-state index contributed by atoms with van der Waals surface area (Å²) >= 11 is 4.39. The summed E-state index contributed by atoms with van der Waals surface area (Å²) in [5.74, 6) is 0. The molecule has 0 saturated heterocycles. The van der Waals surface area contributed by atoms with Crippen LogP contribution < -0.4 is 0 Å². The molecule has 1 nitrogen and oxygen atoms in total. The highest BCUT2D eigenvalue weighted by molar-refractivity contribution is 7.80. The lowest BCUT2D eigenvalue weighted by atomic mass is 10.1. The normalized spacial score (nSPS) is 12.9. The number of hydrogen-bond acceptors (Lipinski definition) is 2. The van der Waals surface area contributed by atoms with Gasteiger partial charge < -0.3 is 0 Å². The van der Waals surface area contributed by atoms with E-state index < -0.39 is 0 Å². The SMILES string of the molecule is CCCc1cccnc1C(C)S. The number of aryl methyl sites for hydroxylation is 1. The van der Waals surface area contributed by atoms with Crippen LogP contribution in [0.1, 0.15) is 36.8 Å². The minimum Gasteiger partial charge on any atom is -0.260 e. The van der Waals surface area contributed by atoms with Crippen molar-refractivity contribution in [3.63, 3.8) is 0 Å². The molecule has 0 amide bonds. The van der Waals surface area contributed by atoms with Crippen molar-refractivity contribution in [3.05, 3.63) is 29.6 Å². The molecule has 0 spiro atoms. The number of rotatable bonds is 3. The molecule has 2 heteroatoms. The fourth-order valence-electron chi connectivity index (χ4n) is 1.31. The molecule has 0 bridgehead atoms. The first kappa shape index (κ1) is 9.59. The lowest BCUT2D eigenvalue weighted by molar-refractivity contribution is 0.871. The molecule has 0 fully saturated rings. The second kappa shape index (κ2) is 4.51. The lowest BCUT2D eigenvalue weighted by Gasteiger charge is -2.08. The van der Waals surface area contributed by atoms with E-state index in [2.05, 4.69) is 37.5 Å². The molecule has 1 atom stereocenters. The van der Waals surface area contributed by atoms with Gasteiger partial charge in [0.25, 0.3) is 0 Å². The zero-order chi connectivity index (χ0) is 8.97. The molecular formula is C10H15NS. The van der Waals surface area contributed by atoms with E-state index >= 15 is 0 Å². The highest BCUT2D eigenvalue weighted by Crippen LogP contribution is 2.20. The second-order valence-corrected chi connectivity index (χ2v) is 3.75. The van der Waals surface area contributed by atoms with Crippen LogP contribution in [0.4, 0.5) is 0 Å². The molecule has 1 rings (SSSR count). The van der Waals surface area contributed by atoms with Gasteiger partial charge in [0.2, 0.25) is 0 Å². The highest BCUT2D eigenvalue weighted by Gasteiger charge is 2.06. The van der Waals surface area contributed by atoms with Gasteiger partial charge in [-0.3, -0.25) is 4.98 Å². The molecule has 0 N–H and O–H groups in total. The fraction of sp³-hybridized carbons (Fsp3) is 0.500. The van der Waals surface area contributed by atoms with Gasteiger partial charge in [-0.05, 0) is 25.0 Å². The monoisotopic (exact) mass is 181 g/mol. The van der Waals surface area contributed by atoms with Gasteiger partial charge in [-0.2, -0.15) is 12.6 Å². The molecule has 1 unspecified atom stereocenters. The molecule has 1 aromatic heterocycles. The fourth-order valence-corrected chi connectivity index (χ4v) is 1.54. The van der Waals surface area contributed by atoms with Crippen molar-refractivity contribution in [2.24, 2.45) is 0 Å². The largest absolute Gasteiger partial charge is 0.260 e. The Labute approximate surface area is 79.6 Å². The van der Waals surface area contributed by atoms with Crippen LogP contribution >= 0.6 is 12.6 Å². The Balaban J connectivity index is 2.92. The third-order valence-electron chi connectivity index (χ3n) is 1.84. The molecular weight excluding hydrogens is 166 g/mol. The first-order valence-corrected chi connectivity index (χ1v) is 4.89. The van der Waals surface area contributed by atoms with Crippen LogP contribution in [0.3, 0.4) is 0 Å². The van der Waals surface area contributed by atoms with Gasteiger partial charge >= 0.3 is 0 Å². The first-order valence-electron chi connectivity index (χ1n) is 4.37. The van der Waals surface area contributed by atoms with Crippen molar-refractivity contribution in [3.8, 4) is 0 Å². The number of pyridine rings is 1. The number of aromatic nitrogens is 1. The Morgan fingerprint density at radius 3 is 2.92 bits per heavy atom. The third-order valence-corrected chi connectivity index (χ3v) is 2.09. The summed E-state index contributed by atoms with van der Waals surface area (Å²) in [6, 6.07) is 4.13. The molecule has 0 radical (unpaired) electrons. The second-order valence-electron chi connectivity index (χ2n) is 2.97. The smallest absolute Gasteiger partial charge is 0.0560 e. The Morgan fingerprint density at radius 1 is 1.58 bits per heavy atom. The molecule has 1 heterocycles. The summed E-state index contributed by atoms with van der Waals surface area (Å²) in [7, 11) is 0. The van der Waals surface area contributed by atoms with Crippen LogP contribution in [-0.2, 0) is 6.42 Å². The van der Waals surface area contributed by atoms with Gasteiger partial charge in [0, 0.05) is 11.4 Å². The summed E-state index contributed by atoms with van der Waals surface area (Å²) in [4.78, 5) is 4.32. The minimum atomic E-state index is 0.243. The Morgan fingerprint density at radius 2 is 2.33 bits per heavy atom. The first-order chi connectivity index (χ1) is 5.75. The van der Waals surface area contributed by atoms with Gasteiger partial charge in [0.15, 0.2) is 0 Å². The summed E-state index contributed by atoms with van der Waals surface area (Å²) < 4.78 is 0. The van der Waals surface area contributed by atoms with Crippen molar-refractivity contribution in [1.82, 2.24) is 4.98 Å². The van der Waals surface area contributed by atoms with Crippen LogP contribution in [0.15, 0.2) is 18.3 Å². The zero-order valence-electron chi connectivity index (χ0n) is 7.62. The molecule has 0 aliphatic rings. The highest BCUT2D eigenvalue weighted by atomic mass is 32.1. The number of thiol groups is 1. The van der Waals surface area contributed by atoms with E-state index in [1.165, 1.54) is 12.0 Å². The van der Waals surface area contributed by atoms with E-state index in [0.717, 1.165) is 12.1 Å². The standard InChI is InChI=1S/C10H15NS/c1-3-5-9-6-4-7-11-10(9)8(2)12/h4,6-8,12H,3,5H2,1-2H3. The van der Waals surface area contributed by atoms with Gasteiger partial charge in [-0.25, -0.2) is 0 Å². The number of nitrogens with zero attached hydrogens (tertiary/aromatic N) is 1. The third kappa shape index (κ3) is 2.24. The Bertz CT molecular complexity index is 245. The average Bonchev–Trinajstić information content (AvgIpc) is 2.05. The molecule has 66 valence electrons. The van der Waals surface area contributed by atoms with E-state index in [-0.39, 0.29) is 5.25 Å². The van der Waals surface area contributed by atoms with Crippen LogP contribution in [0, 0.1) is 0 Å². The van der Waals surface area contributed by atoms with Crippen molar-refractivity contribution in [2.45, 2.75) is 31.9 Å². The Kier molecular flexibility index (Phi) is 3.60. The van der Waals surface area contributed by atoms with Crippen molar-refractivity contribution >= 4 is 12.6 Å². The minimum absolute atomic E-state index is 0.243. The van der Waals surface area contributed by atoms with Gasteiger partial charge in [-0.15, -0.1) is 0 Å². The van der Waals surface area contributed by atoms with Crippen molar-refractivity contribution in [1.29, 1.82) is 0 Å². The van der Waals surface area contributed by atoms with E-state index in [1.807, 2.05) is 12.3 Å². The van der Waals surface area contributed by atoms with Gasteiger partial charge in [0.05, 0.1) is 5.69 Å². The van der Waals surface area contributed by atoms with Crippen LogP contribution in [0.5, 0.6) is 0 Å². The lowest BCUT2D eigenvalue weighted by Crippen LogP contribution is -1.97. The van der Waals surface area contributed by atoms with Gasteiger partial charge in [0.1, 0.15) is 0 Å². The topological polar surface area (TPSA) is 12.9 Å². The summed E-state index contributed by atoms with van der Waals surface area (Å²) in [6.07, 6.45) is 4.11. The summed E-state index contributed by atoms with van der Waals surface area (Å²) in [5, 5.41) is 0.243. The molecule has 0 aliphatic carbocycles. The van der Waals surface area contributed by atoms with Crippen LogP contribution in [0.25, 0.3) is 0 Å². The van der Waals surface area contributed by atoms with Crippen molar-refractivity contribution < 1.29 is 0 Å². The maximum Gasteiger partial charge on any atom is 0.0560 e. The molecule has 0 aliphatic heterocycles. The molecule has 1 aromatic rings. The predicted octanol–water partition coefficient (Wildman–Crippen LogP) is 3.02. The predicted molar refractivity (Wildman–Crippen MR) is 55.6 cm³/mol. The van der Waals surface area contributed by atoms with Gasteiger partial charge in [-0.1, -0.05) is 19.4 Å². The van der Waals surface area contributed by atoms with Crippen molar-refractivity contribution in [2.75, 3.05) is 0 Å². The maximum atomic E-state index is 4.39. The molecule has 0 aromatic carbocycles. The van der Waals surface area contributed by atoms with E-state index in [0.29, 0.717) is 0 Å². The molecule has 0 saturated carbocycles. The van der Waals surface area contributed by atoms with E-state index in [4.69, 9.17) is 0 Å². The maximum absolute atomic E-state index is 4.39. The quantitative estimate of drug-likeness (QED) is 0.707. The van der Waals surface area contributed by atoms with E-state index in [9.17, 15) is 0 Å². The zero-order valence-corrected chi connectivity index (χ0v) is 8.51. The summed E-state index contributed by atoms with van der Waals surface area (Å²) in [5.41, 5.74) is 2.46. The number of hydrogen-bond donors (Lipinski definition) is 1. The Hall–Kier alpha value is -0.500. The molecule has 12 heavy (non-hydrogen) atoms. The average molecular weight is 181 g/mol.